The molecule has 0 fully saturated rings. The fourth-order valence-corrected chi connectivity index (χ4v) is 3.27. The van der Waals surface area contributed by atoms with Gasteiger partial charge in [-0.05, 0) is 46.5 Å². The molecule has 0 atom stereocenters. The maximum absolute atomic E-state index is 13.0. The first-order valence-electron chi connectivity index (χ1n) is 8.10. The molecular weight excluding hydrogens is 323 g/mol. The van der Waals surface area contributed by atoms with Crippen molar-refractivity contribution < 1.29 is 13.2 Å². The highest BCUT2D eigenvalue weighted by molar-refractivity contribution is 5.69. The lowest BCUT2D eigenvalue weighted by Crippen LogP contribution is -2.14. The first-order chi connectivity index (χ1) is 12.0. The van der Waals surface area contributed by atoms with E-state index in [4.69, 9.17) is 0 Å². The van der Waals surface area contributed by atoms with Gasteiger partial charge in [-0.3, -0.25) is 0 Å². The molecule has 1 heterocycles. The smallest absolute Gasteiger partial charge is 0.363 e. The van der Waals surface area contributed by atoms with Crippen LogP contribution in [-0.2, 0) is 19.3 Å². The van der Waals surface area contributed by atoms with Crippen LogP contribution in [0.25, 0.3) is 11.1 Å². The van der Waals surface area contributed by atoms with Gasteiger partial charge in [0.25, 0.3) is 0 Å². The van der Waals surface area contributed by atoms with Crippen molar-refractivity contribution in [1.29, 1.82) is 0 Å². The fraction of sp³-hybridized carbons (Fsp3) is 0.143. The van der Waals surface area contributed by atoms with Crippen molar-refractivity contribution >= 4 is 5.69 Å². The van der Waals surface area contributed by atoms with Crippen LogP contribution in [0.4, 0.5) is 18.9 Å². The van der Waals surface area contributed by atoms with Crippen LogP contribution in [0.15, 0.2) is 72.8 Å². The van der Waals surface area contributed by atoms with Gasteiger partial charge in [0.05, 0.1) is 5.56 Å². The standard InChI is InChI=1S/C21H16F3N/c22-21(23,24)19-9-3-7-15(11-19)16-8-4-10-20(12-16)25-13-17-5-1-2-6-18(17)14-25/h1-12H,13-14H2. The maximum Gasteiger partial charge on any atom is 0.416 e. The molecular formula is C21H16F3N. The molecule has 0 spiro atoms. The zero-order chi connectivity index (χ0) is 17.4. The monoisotopic (exact) mass is 339 g/mol. The molecule has 0 aliphatic carbocycles. The predicted molar refractivity (Wildman–Crippen MR) is 93.2 cm³/mol. The summed E-state index contributed by atoms with van der Waals surface area (Å²) in [4.78, 5) is 2.24. The fourth-order valence-electron chi connectivity index (χ4n) is 3.27. The molecule has 0 saturated heterocycles. The minimum atomic E-state index is -4.33. The summed E-state index contributed by atoms with van der Waals surface area (Å²) >= 11 is 0. The topological polar surface area (TPSA) is 3.24 Å². The summed E-state index contributed by atoms with van der Waals surface area (Å²) in [5.41, 5.74) is 4.36. The average molecular weight is 339 g/mol. The Morgan fingerprint density at radius 3 is 1.92 bits per heavy atom. The third-order valence-corrected chi connectivity index (χ3v) is 4.58. The second-order valence-electron chi connectivity index (χ2n) is 6.25. The van der Waals surface area contributed by atoms with Crippen molar-refractivity contribution in [2.24, 2.45) is 0 Å². The molecule has 0 bridgehead atoms. The first kappa shape index (κ1) is 15.8. The Balaban J connectivity index is 1.65. The van der Waals surface area contributed by atoms with Crippen molar-refractivity contribution in [1.82, 2.24) is 0 Å². The Hall–Kier alpha value is -2.75. The van der Waals surface area contributed by atoms with Crippen molar-refractivity contribution in [3.8, 4) is 11.1 Å². The predicted octanol–water partition coefficient (Wildman–Crippen LogP) is 5.89. The lowest BCUT2D eigenvalue weighted by molar-refractivity contribution is -0.137. The van der Waals surface area contributed by atoms with E-state index in [1.807, 2.05) is 36.4 Å². The van der Waals surface area contributed by atoms with E-state index in [1.54, 1.807) is 6.07 Å². The van der Waals surface area contributed by atoms with Gasteiger partial charge in [-0.15, -0.1) is 0 Å². The Morgan fingerprint density at radius 1 is 0.680 bits per heavy atom. The van der Waals surface area contributed by atoms with Crippen LogP contribution >= 0.6 is 0 Å². The zero-order valence-electron chi connectivity index (χ0n) is 13.4. The van der Waals surface area contributed by atoms with E-state index < -0.39 is 11.7 Å². The van der Waals surface area contributed by atoms with E-state index in [1.165, 1.54) is 23.3 Å². The summed E-state index contributed by atoms with van der Waals surface area (Å²) < 4.78 is 38.9. The highest BCUT2D eigenvalue weighted by Gasteiger charge is 2.30. The van der Waals surface area contributed by atoms with Gasteiger partial charge in [-0.2, -0.15) is 13.2 Å². The Kier molecular flexibility index (Phi) is 3.75. The second kappa shape index (κ2) is 5.96. The van der Waals surface area contributed by atoms with E-state index in [0.29, 0.717) is 5.56 Å². The van der Waals surface area contributed by atoms with E-state index in [2.05, 4.69) is 17.0 Å². The summed E-state index contributed by atoms with van der Waals surface area (Å²) in [7, 11) is 0. The Labute approximate surface area is 144 Å². The third kappa shape index (κ3) is 3.12. The summed E-state index contributed by atoms with van der Waals surface area (Å²) in [5.74, 6) is 0. The molecule has 0 N–H and O–H groups in total. The number of anilines is 1. The minimum Gasteiger partial charge on any atom is -0.363 e. The number of hydrogen-bond acceptors (Lipinski definition) is 1. The molecule has 1 aliphatic heterocycles. The molecule has 0 amide bonds. The van der Waals surface area contributed by atoms with Gasteiger partial charge in [0.15, 0.2) is 0 Å². The van der Waals surface area contributed by atoms with Crippen LogP contribution in [0.1, 0.15) is 16.7 Å². The maximum atomic E-state index is 13.0. The normalized spacial score (nSPS) is 13.8. The van der Waals surface area contributed by atoms with Gasteiger partial charge >= 0.3 is 6.18 Å². The molecule has 126 valence electrons. The number of benzene rings is 3. The lowest BCUT2D eigenvalue weighted by Gasteiger charge is -2.19. The van der Waals surface area contributed by atoms with Crippen LogP contribution in [0.5, 0.6) is 0 Å². The molecule has 4 heteroatoms. The average Bonchev–Trinajstić information content (AvgIpc) is 3.05. The van der Waals surface area contributed by atoms with Crippen molar-refractivity contribution in [3.63, 3.8) is 0 Å². The first-order valence-corrected chi connectivity index (χ1v) is 8.10. The summed E-state index contributed by atoms with van der Waals surface area (Å²) in [6, 6.07) is 21.5. The minimum absolute atomic E-state index is 0.577. The summed E-state index contributed by atoms with van der Waals surface area (Å²) in [6.07, 6.45) is -4.33. The molecule has 0 saturated carbocycles. The van der Waals surface area contributed by atoms with Crippen LogP contribution in [0, 0.1) is 0 Å². The van der Waals surface area contributed by atoms with Gasteiger partial charge in [-0.1, -0.05) is 48.5 Å². The van der Waals surface area contributed by atoms with Crippen LogP contribution in [0.3, 0.4) is 0 Å². The molecule has 1 nitrogen and oxygen atoms in total. The number of halogens is 3. The molecule has 3 aromatic carbocycles. The molecule has 3 aromatic rings. The summed E-state index contributed by atoms with van der Waals surface area (Å²) in [6.45, 7) is 1.64. The van der Waals surface area contributed by atoms with Gasteiger partial charge in [0.1, 0.15) is 0 Å². The van der Waals surface area contributed by atoms with E-state index in [9.17, 15) is 13.2 Å². The van der Waals surface area contributed by atoms with Crippen LogP contribution < -0.4 is 4.90 Å². The van der Waals surface area contributed by atoms with Gasteiger partial charge in [0.2, 0.25) is 0 Å². The zero-order valence-corrected chi connectivity index (χ0v) is 13.4. The van der Waals surface area contributed by atoms with E-state index >= 15 is 0 Å². The molecule has 0 aromatic heterocycles. The molecule has 4 rings (SSSR count). The quantitative estimate of drug-likeness (QED) is 0.562. The number of hydrogen-bond donors (Lipinski definition) is 0. The Morgan fingerprint density at radius 2 is 1.28 bits per heavy atom. The highest BCUT2D eigenvalue weighted by atomic mass is 19.4. The highest BCUT2D eigenvalue weighted by Crippen LogP contribution is 2.34. The lowest BCUT2D eigenvalue weighted by atomic mass is 10.0. The van der Waals surface area contributed by atoms with Gasteiger partial charge in [0, 0.05) is 18.8 Å². The van der Waals surface area contributed by atoms with Crippen LogP contribution in [0.2, 0.25) is 0 Å². The number of fused-ring (bicyclic) bond motifs is 1. The van der Waals surface area contributed by atoms with Crippen molar-refractivity contribution in [2.75, 3.05) is 4.90 Å². The van der Waals surface area contributed by atoms with Gasteiger partial charge in [-0.25, -0.2) is 0 Å². The SMILES string of the molecule is FC(F)(F)c1cccc(-c2cccc(N3Cc4ccccc4C3)c2)c1. The number of rotatable bonds is 2. The second-order valence-corrected chi connectivity index (χ2v) is 6.25. The summed E-state index contributed by atoms with van der Waals surface area (Å²) in [5, 5.41) is 0. The Bertz CT molecular complexity index is 890. The van der Waals surface area contributed by atoms with Crippen molar-refractivity contribution in [3.05, 3.63) is 89.5 Å². The van der Waals surface area contributed by atoms with Crippen molar-refractivity contribution in [2.45, 2.75) is 19.3 Å². The number of alkyl halides is 3. The molecule has 0 radical (unpaired) electrons. The molecule has 0 unspecified atom stereocenters. The number of nitrogens with zero attached hydrogens (tertiary/aromatic N) is 1. The molecule has 1 aliphatic rings. The van der Waals surface area contributed by atoms with Gasteiger partial charge < -0.3 is 4.90 Å². The largest absolute Gasteiger partial charge is 0.416 e. The van der Waals surface area contributed by atoms with Crippen LogP contribution in [-0.4, -0.2) is 0 Å². The third-order valence-electron chi connectivity index (χ3n) is 4.58. The van der Waals surface area contributed by atoms with E-state index in [0.717, 1.165) is 30.4 Å². The molecule has 25 heavy (non-hydrogen) atoms. The van der Waals surface area contributed by atoms with E-state index in [-0.39, 0.29) is 0 Å².